The molecule has 0 spiro atoms. The Morgan fingerprint density at radius 1 is 1.25 bits per heavy atom. The molecule has 0 heterocycles. The van der Waals surface area contributed by atoms with Gasteiger partial charge in [0.15, 0.2) is 0 Å². The fourth-order valence-electron chi connectivity index (χ4n) is 1.37. The van der Waals surface area contributed by atoms with Crippen LogP contribution in [0.3, 0.4) is 0 Å². The third-order valence-electron chi connectivity index (χ3n) is 2.03. The first-order valence-electron chi connectivity index (χ1n) is 5.32. The van der Waals surface area contributed by atoms with Gasteiger partial charge < -0.3 is 0 Å². The molecule has 16 heavy (non-hydrogen) atoms. The summed E-state index contributed by atoms with van der Waals surface area (Å²) in [7, 11) is 3.55. The van der Waals surface area contributed by atoms with Gasteiger partial charge in [-0.15, -0.1) is 5.17 Å². The van der Waals surface area contributed by atoms with Crippen molar-refractivity contribution < 1.29 is 9.63 Å². The minimum Gasteiger partial charge on any atom is -0.271 e. The summed E-state index contributed by atoms with van der Waals surface area (Å²) < 4.78 is 0. The van der Waals surface area contributed by atoms with Gasteiger partial charge in [-0.3, -0.25) is 9.63 Å². The van der Waals surface area contributed by atoms with E-state index in [0.717, 1.165) is 5.56 Å². The van der Waals surface area contributed by atoms with Crippen molar-refractivity contribution in [3.63, 3.8) is 0 Å². The lowest BCUT2D eigenvalue weighted by molar-refractivity contribution is -0.252. The summed E-state index contributed by atoms with van der Waals surface area (Å²) in [4.78, 5) is 17.2. The fraction of sp³-hybridized carbons (Fsp3) is 0.417. The van der Waals surface area contributed by atoms with Crippen LogP contribution in [-0.2, 0) is 16.1 Å². The second kappa shape index (κ2) is 6.25. The Balaban J connectivity index is 2.62. The molecule has 0 saturated carbocycles. The first kappa shape index (κ1) is 12.7. The number of hydroxylamine groups is 1. The zero-order valence-electron chi connectivity index (χ0n) is 10.0. The maximum Gasteiger partial charge on any atom is 0.265 e. The summed E-state index contributed by atoms with van der Waals surface area (Å²) in [5.74, 6) is -0.0712. The van der Waals surface area contributed by atoms with E-state index in [0.29, 0.717) is 13.0 Å². The molecule has 0 bridgehead atoms. The number of hydrogen-bond acceptors (Lipinski definition) is 3. The lowest BCUT2D eigenvalue weighted by atomic mass is 10.1. The fourth-order valence-corrected chi connectivity index (χ4v) is 1.37. The van der Waals surface area contributed by atoms with E-state index < -0.39 is 0 Å². The molecule has 0 aromatic heterocycles. The van der Waals surface area contributed by atoms with Gasteiger partial charge in [-0.1, -0.05) is 30.3 Å². The van der Waals surface area contributed by atoms with E-state index in [2.05, 4.69) is 0 Å². The average molecular weight is 222 g/mol. The summed E-state index contributed by atoms with van der Waals surface area (Å²) in [6.45, 7) is 2.32. The normalized spacial score (nSPS) is 10.5. The van der Waals surface area contributed by atoms with Crippen LogP contribution < -0.4 is 0 Å². The standard InChI is InChI=1S/C12H18N2O2/c1-4-16-14(13(2)3)12(15)10-11-8-6-5-7-9-11/h5-9H,4,10H2,1-3H3. The smallest absolute Gasteiger partial charge is 0.265 e. The third-order valence-corrected chi connectivity index (χ3v) is 2.03. The Morgan fingerprint density at radius 2 is 1.88 bits per heavy atom. The first-order valence-corrected chi connectivity index (χ1v) is 5.32. The molecular weight excluding hydrogens is 204 g/mol. The van der Waals surface area contributed by atoms with Gasteiger partial charge in [0.05, 0.1) is 13.0 Å². The average Bonchev–Trinajstić information content (AvgIpc) is 2.26. The van der Waals surface area contributed by atoms with Crippen molar-refractivity contribution in [1.82, 2.24) is 10.2 Å². The number of nitrogens with zero attached hydrogens (tertiary/aromatic N) is 2. The van der Waals surface area contributed by atoms with Gasteiger partial charge in [-0.05, 0) is 12.5 Å². The molecule has 0 aliphatic heterocycles. The molecule has 0 aliphatic carbocycles. The predicted molar refractivity (Wildman–Crippen MR) is 62.3 cm³/mol. The molecule has 0 unspecified atom stereocenters. The van der Waals surface area contributed by atoms with E-state index in [9.17, 15) is 4.79 Å². The zero-order chi connectivity index (χ0) is 12.0. The van der Waals surface area contributed by atoms with Crippen molar-refractivity contribution in [2.45, 2.75) is 13.3 Å². The Morgan fingerprint density at radius 3 is 2.38 bits per heavy atom. The monoisotopic (exact) mass is 222 g/mol. The Labute approximate surface area is 96.3 Å². The molecule has 4 heteroatoms. The molecule has 1 amide bonds. The van der Waals surface area contributed by atoms with Gasteiger partial charge in [-0.25, -0.2) is 0 Å². The Hall–Kier alpha value is -1.39. The van der Waals surface area contributed by atoms with E-state index >= 15 is 0 Å². The highest BCUT2D eigenvalue weighted by molar-refractivity contribution is 5.77. The zero-order valence-corrected chi connectivity index (χ0v) is 10.0. The van der Waals surface area contributed by atoms with Crippen molar-refractivity contribution in [1.29, 1.82) is 0 Å². The van der Waals surface area contributed by atoms with Crippen LogP contribution in [0.15, 0.2) is 30.3 Å². The minimum absolute atomic E-state index is 0.0712. The van der Waals surface area contributed by atoms with E-state index in [4.69, 9.17) is 4.84 Å². The number of carbonyl (C=O) groups excluding carboxylic acids is 1. The first-order chi connectivity index (χ1) is 7.65. The number of rotatable bonds is 5. The third kappa shape index (κ3) is 3.64. The maximum absolute atomic E-state index is 11.9. The lowest BCUT2D eigenvalue weighted by Crippen LogP contribution is -2.42. The summed E-state index contributed by atoms with van der Waals surface area (Å²) in [5, 5.41) is 2.92. The van der Waals surface area contributed by atoms with Crippen molar-refractivity contribution in [3.05, 3.63) is 35.9 Å². The number of benzene rings is 1. The van der Waals surface area contributed by atoms with Crippen molar-refractivity contribution in [2.75, 3.05) is 20.7 Å². The molecular formula is C12H18N2O2. The summed E-state index contributed by atoms with van der Waals surface area (Å²) in [6, 6.07) is 9.63. The molecule has 0 atom stereocenters. The summed E-state index contributed by atoms with van der Waals surface area (Å²) in [5.41, 5.74) is 0.985. The molecule has 1 rings (SSSR count). The number of carbonyl (C=O) groups is 1. The van der Waals surface area contributed by atoms with Gasteiger partial charge >= 0.3 is 0 Å². The molecule has 0 radical (unpaired) electrons. The van der Waals surface area contributed by atoms with Crippen LogP contribution in [0.2, 0.25) is 0 Å². The van der Waals surface area contributed by atoms with Gasteiger partial charge in [0.1, 0.15) is 0 Å². The number of hydrogen-bond donors (Lipinski definition) is 0. The molecule has 88 valence electrons. The quantitative estimate of drug-likeness (QED) is 0.707. The second-order valence-corrected chi connectivity index (χ2v) is 3.59. The van der Waals surface area contributed by atoms with E-state index in [-0.39, 0.29) is 5.91 Å². The van der Waals surface area contributed by atoms with Gasteiger partial charge in [0.25, 0.3) is 5.91 Å². The van der Waals surface area contributed by atoms with Gasteiger partial charge in [0.2, 0.25) is 0 Å². The molecule has 1 aromatic rings. The molecule has 0 aliphatic rings. The van der Waals surface area contributed by atoms with Crippen LogP contribution in [0.5, 0.6) is 0 Å². The second-order valence-electron chi connectivity index (χ2n) is 3.59. The Kier molecular flexibility index (Phi) is 4.95. The lowest BCUT2D eigenvalue weighted by Gasteiger charge is -2.26. The summed E-state index contributed by atoms with van der Waals surface area (Å²) >= 11 is 0. The minimum atomic E-state index is -0.0712. The topological polar surface area (TPSA) is 32.8 Å². The van der Waals surface area contributed by atoms with Crippen molar-refractivity contribution in [3.8, 4) is 0 Å². The largest absolute Gasteiger partial charge is 0.271 e. The van der Waals surface area contributed by atoms with E-state index in [1.54, 1.807) is 19.1 Å². The molecule has 0 fully saturated rings. The highest BCUT2D eigenvalue weighted by atomic mass is 16.7. The Bertz CT molecular complexity index is 325. The van der Waals surface area contributed by atoms with Crippen LogP contribution in [0, 0.1) is 0 Å². The highest BCUT2D eigenvalue weighted by Crippen LogP contribution is 2.04. The van der Waals surface area contributed by atoms with Gasteiger partial charge in [0, 0.05) is 14.1 Å². The summed E-state index contributed by atoms with van der Waals surface area (Å²) in [6.07, 6.45) is 0.346. The molecule has 1 aromatic carbocycles. The van der Waals surface area contributed by atoms with Crippen LogP contribution in [-0.4, -0.2) is 36.8 Å². The molecule has 0 saturated heterocycles. The van der Waals surface area contributed by atoms with E-state index in [1.807, 2.05) is 37.3 Å². The number of hydrazine groups is 1. The maximum atomic E-state index is 11.9. The van der Waals surface area contributed by atoms with Gasteiger partial charge in [-0.2, -0.15) is 5.01 Å². The van der Waals surface area contributed by atoms with E-state index in [1.165, 1.54) is 5.17 Å². The van der Waals surface area contributed by atoms with Crippen LogP contribution in [0.1, 0.15) is 12.5 Å². The number of amides is 1. The van der Waals surface area contributed by atoms with Crippen LogP contribution >= 0.6 is 0 Å². The van der Waals surface area contributed by atoms with Crippen molar-refractivity contribution >= 4 is 5.91 Å². The highest BCUT2D eigenvalue weighted by Gasteiger charge is 2.16. The molecule has 4 nitrogen and oxygen atoms in total. The van der Waals surface area contributed by atoms with Crippen LogP contribution in [0.25, 0.3) is 0 Å². The van der Waals surface area contributed by atoms with Crippen LogP contribution in [0.4, 0.5) is 0 Å². The molecule has 0 N–H and O–H groups in total. The van der Waals surface area contributed by atoms with Crippen molar-refractivity contribution in [2.24, 2.45) is 0 Å². The SMILES string of the molecule is CCON(C(=O)Cc1ccccc1)N(C)C. The predicted octanol–water partition coefficient (Wildman–Crippen LogP) is 1.49.